The van der Waals surface area contributed by atoms with E-state index in [1.807, 2.05) is 31.2 Å². The molecule has 0 spiro atoms. The number of ether oxygens (including phenoxy) is 1. The molecule has 0 saturated carbocycles. The van der Waals surface area contributed by atoms with Crippen molar-refractivity contribution < 1.29 is 9.53 Å². The number of rotatable bonds is 5. The minimum Gasteiger partial charge on any atom is -0.429 e. The summed E-state index contributed by atoms with van der Waals surface area (Å²) in [6, 6.07) is 15.0. The standard InChI is InChI=1S/C16H14N2O2/c1-13-2-4-14(5-3-13)10-17-18-11-15-6-8-16(9-7-15)20-12-19/h2-12H,1H3/b17-10-,18-11-. The van der Waals surface area contributed by atoms with Crippen LogP contribution in [0.25, 0.3) is 0 Å². The van der Waals surface area contributed by atoms with Gasteiger partial charge in [-0.1, -0.05) is 29.8 Å². The maximum Gasteiger partial charge on any atom is 0.298 e. The second-order valence-corrected chi connectivity index (χ2v) is 4.18. The van der Waals surface area contributed by atoms with Crippen molar-refractivity contribution in [2.24, 2.45) is 10.2 Å². The Morgan fingerprint density at radius 1 is 0.850 bits per heavy atom. The van der Waals surface area contributed by atoms with Crippen LogP contribution in [0.4, 0.5) is 0 Å². The summed E-state index contributed by atoms with van der Waals surface area (Å²) < 4.78 is 4.70. The number of hydrogen-bond donors (Lipinski definition) is 0. The maximum absolute atomic E-state index is 10.2. The van der Waals surface area contributed by atoms with E-state index in [1.165, 1.54) is 5.56 Å². The van der Waals surface area contributed by atoms with Crippen LogP contribution in [0.5, 0.6) is 5.75 Å². The summed E-state index contributed by atoms with van der Waals surface area (Å²) in [6.07, 6.45) is 3.33. The van der Waals surface area contributed by atoms with Crippen molar-refractivity contribution in [3.63, 3.8) is 0 Å². The zero-order valence-corrected chi connectivity index (χ0v) is 11.1. The molecule has 2 aromatic rings. The Labute approximate surface area is 117 Å². The van der Waals surface area contributed by atoms with Gasteiger partial charge in [0.25, 0.3) is 6.47 Å². The van der Waals surface area contributed by atoms with E-state index in [0.717, 1.165) is 11.1 Å². The van der Waals surface area contributed by atoms with Crippen molar-refractivity contribution in [1.29, 1.82) is 0 Å². The normalized spacial score (nSPS) is 11.1. The van der Waals surface area contributed by atoms with Gasteiger partial charge in [0.15, 0.2) is 0 Å². The van der Waals surface area contributed by atoms with E-state index in [0.29, 0.717) is 12.2 Å². The van der Waals surface area contributed by atoms with Gasteiger partial charge >= 0.3 is 0 Å². The average molecular weight is 266 g/mol. The first-order valence-corrected chi connectivity index (χ1v) is 6.11. The molecule has 0 heterocycles. The first kappa shape index (κ1) is 13.7. The van der Waals surface area contributed by atoms with Crippen LogP contribution in [0.3, 0.4) is 0 Å². The lowest BCUT2D eigenvalue weighted by molar-refractivity contribution is -0.120. The van der Waals surface area contributed by atoms with E-state index < -0.39 is 0 Å². The van der Waals surface area contributed by atoms with Gasteiger partial charge in [-0.05, 0) is 42.3 Å². The first-order chi connectivity index (χ1) is 9.78. The van der Waals surface area contributed by atoms with Crippen LogP contribution < -0.4 is 4.74 Å². The van der Waals surface area contributed by atoms with Crippen LogP contribution >= 0.6 is 0 Å². The van der Waals surface area contributed by atoms with Crippen molar-refractivity contribution in [3.8, 4) is 5.75 Å². The topological polar surface area (TPSA) is 51.0 Å². The van der Waals surface area contributed by atoms with Gasteiger partial charge in [0.1, 0.15) is 5.75 Å². The van der Waals surface area contributed by atoms with Crippen LogP contribution in [0.1, 0.15) is 16.7 Å². The molecule has 2 rings (SSSR count). The third-order valence-electron chi connectivity index (χ3n) is 2.62. The second-order valence-electron chi connectivity index (χ2n) is 4.18. The summed E-state index contributed by atoms with van der Waals surface area (Å²) in [7, 11) is 0. The number of benzene rings is 2. The molecule has 100 valence electrons. The highest BCUT2D eigenvalue weighted by Gasteiger charge is 1.92. The predicted molar refractivity (Wildman–Crippen MR) is 79.5 cm³/mol. The summed E-state index contributed by atoms with van der Waals surface area (Å²) in [4.78, 5) is 10.2. The summed E-state index contributed by atoms with van der Waals surface area (Å²) in [5, 5.41) is 7.95. The van der Waals surface area contributed by atoms with E-state index in [2.05, 4.69) is 10.2 Å². The molecule has 0 aromatic heterocycles. The number of aryl methyl sites for hydroxylation is 1. The van der Waals surface area contributed by atoms with Gasteiger partial charge in [-0.15, -0.1) is 0 Å². The van der Waals surface area contributed by atoms with E-state index in [4.69, 9.17) is 4.74 Å². The molecule has 0 amide bonds. The Morgan fingerprint density at radius 2 is 1.35 bits per heavy atom. The zero-order chi connectivity index (χ0) is 14.2. The van der Waals surface area contributed by atoms with Crippen molar-refractivity contribution >= 4 is 18.9 Å². The van der Waals surface area contributed by atoms with Gasteiger partial charge in [-0.2, -0.15) is 10.2 Å². The van der Waals surface area contributed by atoms with Crippen molar-refractivity contribution in [2.45, 2.75) is 6.92 Å². The SMILES string of the molecule is Cc1ccc(/C=N\N=C/c2ccc(OC=O)cc2)cc1. The van der Waals surface area contributed by atoms with E-state index in [9.17, 15) is 4.79 Å². The average Bonchev–Trinajstić information content (AvgIpc) is 2.47. The third-order valence-corrected chi connectivity index (χ3v) is 2.62. The van der Waals surface area contributed by atoms with Crippen LogP contribution in [-0.2, 0) is 4.79 Å². The van der Waals surface area contributed by atoms with E-state index >= 15 is 0 Å². The number of hydrogen-bond acceptors (Lipinski definition) is 4. The highest BCUT2D eigenvalue weighted by atomic mass is 16.5. The van der Waals surface area contributed by atoms with E-state index in [-0.39, 0.29) is 0 Å². The van der Waals surface area contributed by atoms with Gasteiger partial charge in [-0.25, -0.2) is 0 Å². The third kappa shape index (κ3) is 4.17. The smallest absolute Gasteiger partial charge is 0.298 e. The molecule has 0 N–H and O–H groups in total. The molecular weight excluding hydrogens is 252 g/mol. The molecule has 0 saturated heterocycles. The zero-order valence-electron chi connectivity index (χ0n) is 11.1. The molecule has 0 fully saturated rings. The van der Waals surface area contributed by atoms with Crippen molar-refractivity contribution in [3.05, 3.63) is 65.2 Å². The molecule has 0 atom stereocenters. The fourth-order valence-electron chi connectivity index (χ4n) is 1.54. The second kappa shape index (κ2) is 6.99. The van der Waals surface area contributed by atoms with Crippen LogP contribution in [-0.4, -0.2) is 18.9 Å². The number of nitrogens with zero attached hydrogens (tertiary/aromatic N) is 2. The number of carbonyl (C=O) groups excluding carboxylic acids is 1. The largest absolute Gasteiger partial charge is 0.429 e. The summed E-state index contributed by atoms with van der Waals surface area (Å²) in [6.45, 7) is 2.44. The molecule has 4 nitrogen and oxygen atoms in total. The first-order valence-electron chi connectivity index (χ1n) is 6.11. The molecule has 0 aliphatic carbocycles. The Balaban J connectivity index is 1.95. The molecule has 0 aliphatic rings. The lowest BCUT2D eigenvalue weighted by Crippen LogP contribution is -1.88. The highest BCUT2D eigenvalue weighted by molar-refractivity contribution is 5.82. The molecule has 0 aliphatic heterocycles. The summed E-state index contributed by atoms with van der Waals surface area (Å²) in [5.74, 6) is 0.500. The Bertz CT molecular complexity index is 614. The Hall–Kier alpha value is -2.75. The fourth-order valence-corrected chi connectivity index (χ4v) is 1.54. The minimum atomic E-state index is 0.398. The molecular formula is C16H14N2O2. The summed E-state index contributed by atoms with van der Waals surface area (Å²) >= 11 is 0. The van der Waals surface area contributed by atoms with Crippen molar-refractivity contribution in [1.82, 2.24) is 0 Å². The molecule has 4 heteroatoms. The highest BCUT2D eigenvalue weighted by Crippen LogP contribution is 2.10. The van der Waals surface area contributed by atoms with Gasteiger partial charge in [-0.3, -0.25) is 4.79 Å². The molecule has 0 bridgehead atoms. The van der Waals surface area contributed by atoms with Crippen LogP contribution in [0, 0.1) is 6.92 Å². The minimum absolute atomic E-state index is 0.398. The molecule has 0 radical (unpaired) electrons. The quantitative estimate of drug-likeness (QED) is 0.474. The lowest BCUT2D eigenvalue weighted by atomic mass is 10.2. The Kier molecular flexibility index (Phi) is 4.78. The fraction of sp³-hybridized carbons (Fsp3) is 0.0625. The predicted octanol–water partition coefficient (Wildman–Crippen LogP) is 2.98. The van der Waals surface area contributed by atoms with Gasteiger partial charge in [0.05, 0.1) is 12.4 Å². The maximum atomic E-state index is 10.2. The molecule has 2 aromatic carbocycles. The van der Waals surface area contributed by atoms with Gasteiger partial charge in [0, 0.05) is 0 Å². The van der Waals surface area contributed by atoms with Crippen molar-refractivity contribution in [2.75, 3.05) is 0 Å². The van der Waals surface area contributed by atoms with E-state index in [1.54, 1.807) is 36.7 Å². The van der Waals surface area contributed by atoms with Crippen LogP contribution in [0.2, 0.25) is 0 Å². The molecule has 0 unspecified atom stereocenters. The molecule has 20 heavy (non-hydrogen) atoms. The monoisotopic (exact) mass is 266 g/mol. The van der Waals surface area contributed by atoms with Crippen LogP contribution in [0.15, 0.2) is 58.7 Å². The summed E-state index contributed by atoms with van der Waals surface area (Å²) in [5.41, 5.74) is 3.09. The van der Waals surface area contributed by atoms with Gasteiger partial charge < -0.3 is 4.74 Å². The number of carbonyl (C=O) groups is 1. The Morgan fingerprint density at radius 3 is 1.85 bits per heavy atom. The van der Waals surface area contributed by atoms with Gasteiger partial charge in [0.2, 0.25) is 0 Å². The lowest BCUT2D eigenvalue weighted by Gasteiger charge is -1.96.